The lowest BCUT2D eigenvalue weighted by atomic mass is 10.1. The summed E-state index contributed by atoms with van der Waals surface area (Å²) in [6, 6.07) is 3.99. The van der Waals surface area contributed by atoms with Crippen LogP contribution in [0.3, 0.4) is 0 Å². The zero-order chi connectivity index (χ0) is 14.0. The Balaban J connectivity index is 2.58. The van der Waals surface area contributed by atoms with Gasteiger partial charge in [-0.25, -0.2) is 9.07 Å². The fourth-order valence-electron chi connectivity index (χ4n) is 1.72. The molecule has 0 atom stereocenters. The summed E-state index contributed by atoms with van der Waals surface area (Å²) in [4.78, 5) is 0. The fraction of sp³-hybridized carbons (Fsp3) is 0.250. The monoisotopic (exact) mass is 274 g/mol. The number of nitrogens with zero attached hydrogens (tertiary/aromatic N) is 2. The summed E-state index contributed by atoms with van der Waals surface area (Å²) >= 11 is 0. The smallest absolute Gasteiger partial charge is 0.378 e. The average molecular weight is 274 g/mol. The Kier molecular flexibility index (Phi) is 3.57. The van der Waals surface area contributed by atoms with Crippen LogP contribution in [0.15, 0.2) is 30.5 Å². The topological polar surface area (TPSA) is 27.1 Å². The van der Waals surface area contributed by atoms with Crippen molar-refractivity contribution < 1.29 is 22.3 Å². The first-order chi connectivity index (χ1) is 8.93. The zero-order valence-corrected chi connectivity index (χ0v) is 9.91. The van der Waals surface area contributed by atoms with Crippen molar-refractivity contribution in [1.82, 2.24) is 9.78 Å². The molecule has 0 N–H and O–H groups in total. The van der Waals surface area contributed by atoms with Crippen molar-refractivity contribution >= 4 is 0 Å². The lowest BCUT2D eigenvalue weighted by molar-refractivity contribution is -0.137. The van der Waals surface area contributed by atoms with Crippen LogP contribution in [0.4, 0.5) is 17.6 Å². The van der Waals surface area contributed by atoms with E-state index in [1.54, 1.807) is 0 Å². The third-order valence-corrected chi connectivity index (χ3v) is 2.51. The molecule has 0 amide bonds. The molecule has 0 unspecified atom stereocenters. The molecule has 0 saturated heterocycles. The van der Waals surface area contributed by atoms with E-state index in [9.17, 15) is 17.6 Å². The van der Waals surface area contributed by atoms with Crippen LogP contribution in [0, 0.1) is 5.82 Å². The molecule has 19 heavy (non-hydrogen) atoms. The summed E-state index contributed by atoms with van der Waals surface area (Å²) in [5, 5.41) is 3.82. The van der Waals surface area contributed by atoms with Crippen molar-refractivity contribution in [1.29, 1.82) is 0 Å². The Hall–Kier alpha value is -1.89. The van der Waals surface area contributed by atoms with E-state index in [2.05, 4.69) is 5.10 Å². The van der Waals surface area contributed by atoms with Gasteiger partial charge in [0.25, 0.3) is 0 Å². The number of hydrogen-bond acceptors (Lipinski definition) is 2. The van der Waals surface area contributed by atoms with Crippen molar-refractivity contribution in [2.24, 2.45) is 0 Å². The maximum atomic E-state index is 13.0. The molecule has 2 rings (SSSR count). The van der Waals surface area contributed by atoms with E-state index >= 15 is 0 Å². The van der Waals surface area contributed by atoms with Gasteiger partial charge < -0.3 is 4.74 Å². The third-order valence-electron chi connectivity index (χ3n) is 2.51. The number of hydrogen-bond donors (Lipinski definition) is 0. The molecule has 0 bridgehead atoms. The van der Waals surface area contributed by atoms with Crippen molar-refractivity contribution in [3.63, 3.8) is 0 Å². The molecule has 2 aromatic rings. The lowest BCUT2D eigenvalue weighted by Crippen LogP contribution is -2.13. The highest BCUT2D eigenvalue weighted by molar-refractivity contribution is 5.43. The van der Waals surface area contributed by atoms with Gasteiger partial charge in [-0.2, -0.15) is 18.3 Å². The molecule has 1 heterocycles. The summed E-state index contributed by atoms with van der Waals surface area (Å²) in [5.41, 5.74) is -0.862. The normalized spacial score (nSPS) is 11.8. The first kappa shape index (κ1) is 13.5. The molecule has 7 heteroatoms. The molecule has 1 aromatic heterocycles. The number of halogens is 4. The second-order valence-corrected chi connectivity index (χ2v) is 3.83. The van der Waals surface area contributed by atoms with Gasteiger partial charge in [-0.1, -0.05) is 0 Å². The van der Waals surface area contributed by atoms with Gasteiger partial charge in [0, 0.05) is 13.3 Å². The van der Waals surface area contributed by atoms with Crippen LogP contribution in [0.1, 0.15) is 11.3 Å². The number of ether oxygens (including phenoxy) is 1. The number of rotatable bonds is 3. The molecule has 0 aliphatic carbocycles. The van der Waals surface area contributed by atoms with Gasteiger partial charge in [0.05, 0.1) is 23.6 Å². The lowest BCUT2D eigenvalue weighted by Gasteiger charge is -2.14. The van der Waals surface area contributed by atoms with E-state index < -0.39 is 17.6 Å². The summed E-state index contributed by atoms with van der Waals surface area (Å²) in [6.45, 7) is 0.106. The molecule has 0 radical (unpaired) electrons. The number of methoxy groups -OCH3 is 1. The van der Waals surface area contributed by atoms with Crippen molar-refractivity contribution in [3.05, 3.63) is 47.5 Å². The summed E-state index contributed by atoms with van der Waals surface area (Å²) in [7, 11) is 1.42. The molecule has 102 valence electrons. The quantitative estimate of drug-likeness (QED) is 0.804. The maximum Gasteiger partial charge on any atom is 0.418 e. The van der Waals surface area contributed by atoms with Gasteiger partial charge in [0.1, 0.15) is 5.82 Å². The highest BCUT2D eigenvalue weighted by Gasteiger charge is 2.35. The average Bonchev–Trinajstić information content (AvgIpc) is 2.76. The van der Waals surface area contributed by atoms with Crippen LogP contribution < -0.4 is 0 Å². The predicted octanol–water partition coefficient (Wildman–Crippen LogP) is 3.18. The largest absolute Gasteiger partial charge is 0.418 e. The third kappa shape index (κ3) is 2.76. The van der Waals surface area contributed by atoms with E-state index in [0.29, 0.717) is 11.8 Å². The number of alkyl halides is 3. The first-order valence-electron chi connectivity index (χ1n) is 5.32. The van der Waals surface area contributed by atoms with E-state index in [4.69, 9.17) is 4.74 Å². The summed E-state index contributed by atoms with van der Waals surface area (Å²) < 4.78 is 57.7. The molecule has 0 aliphatic rings. The molecule has 0 spiro atoms. The summed E-state index contributed by atoms with van der Waals surface area (Å²) in [5.74, 6) is -0.948. The van der Waals surface area contributed by atoms with Gasteiger partial charge in [0.15, 0.2) is 0 Å². The first-order valence-corrected chi connectivity index (χ1v) is 5.32. The Morgan fingerprint density at radius 2 is 2.00 bits per heavy atom. The minimum atomic E-state index is -4.66. The van der Waals surface area contributed by atoms with E-state index in [1.807, 2.05) is 0 Å². The van der Waals surface area contributed by atoms with E-state index in [1.165, 1.54) is 19.4 Å². The van der Waals surface area contributed by atoms with Crippen molar-refractivity contribution in [2.75, 3.05) is 7.11 Å². The second kappa shape index (κ2) is 5.00. The molecular weight excluding hydrogens is 264 g/mol. The van der Waals surface area contributed by atoms with Gasteiger partial charge >= 0.3 is 6.18 Å². The van der Waals surface area contributed by atoms with Gasteiger partial charge in [-0.3, -0.25) is 0 Å². The van der Waals surface area contributed by atoms with Gasteiger partial charge in [-0.05, 0) is 24.3 Å². The Morgan fingerprint density at radius 3 is 2.63 bits per heavy atom. The van der Waals surface area contributed by atoms with Gasteiger partial charge in [-0.15, -0.1) is 0 Å². The summed E-state index contributed by atoms with van der Waals surface area (Å²) in [6.07, 6.45) is -3.30. The Morgan fingerprint density at radius 1 is 1.26 bits per heavy atom. The van der Waals surface area contributed by atoms with Crippen LogP contribution >= 0.6 is 0 Å². The van der Waals surface area contributed by atoms with Crippen LogP contribution in [0.2, 0.25) is 0 Å². The predicted molar refractivity (Wildman–Crippen MR) is 59.2 cm³/mol. The van der Waals surface area contributed by atoms with Crippen molar-refractivity contribution in [2.45, 2.75) is 12.8 Å². The highest BCUT2D eigenvalue weighted by atomic mass is 19.4. The highest BCUT2D eigenvalue weighted by Crippen LogP contribution is 2.34. The minimum absolute atomic E-state index is 0.106. The van der Waals surface area contributed by atoms with E-state index in [-0.39, 0.29) is 12.3 Å². The van der Waals surface area contributed by atoms with Crippen LogP contribution in [-0.2, 0) is 17.5 Å². The van der Waals surface area contributed by atoms with Crippen LogP contribution in [0.25, 0.3) is 5.69 Å². The maximum absolute atomic E-state index is 13.0. The Bertz CT molecular complexity index is 577. The van der Waals surface area contributed by atoms with E-state index in [0.717, 1.165) is 16.8 Å². The van der Waals surface area contributed by atoms with Crippen molar-refractivity contribution in [3.8, 4) is 5.69 Å². The molecular formula is C12H10F4N2O. The molecule has 0 saturated carbocycles. The SMILES string of the molecule is COCc1ccnn1-c1ccc(F)cc1C(F)(F)F. The molecule has 3 nitrogen and oxygen atoms in total. The standard InChI is InChI=1S/C12H10F4N2O/c1-19-7-9-4-5-17-18(9)11-3-2-8(13)6-10(11)12(14,15)16/h2-6H,7H2,1H3. The fourth-order valence-corrected chi connectivity index (χ4v) is 1.72. The van der Waals surface area contributed by atoms with Crippen LogP contribution in [-0.4, -0.2) is 16.9 Å². The van der Waals surface area contributed by atoms with Crippen LogP contribution in [0.5, 0.6) is 0 Å². The van der Waals surface area contributed by atoms with Gasteiger partial charge in [0.2, 0.25) is 0 Å². The molecule has 0 fully saturated rings. The molecule has 0 aliphatic heterocycles. The second-order valence-electron chi connectivity index (χ2n) is 3.83. The molecule has 1 aromatic carbocycles. The number of aromatic nitrogens is 2. The minimum Gasteiger partial charge on any atom is -0.378 e. The number of benzene rings is 1. The Labute approximate surface area is 106 Å². The zero-order valence-electron chi connectivity index (χ0n) is 9.91.